The van der Waals surface area contributed by atoms with E-state index >= 15 is 0 Å². The van der Waals surface area contributed by atoms with E-state index in [1.165, 1.54) is 13.0 Å². The quantitative estimate of drug-likeness (QED) is 0.838. The Morgan fingerprint density at radius 3 is 2.60 bits per heavy atom. The number of ether oxygens (including phenoxy) is 1. The van der Waals surface area contributed by atoms with Crippen molar-refractivity contribution in [1.82, 2.24) is 0 Å². The molecule has 84 valence electrons. The molecule has 0 aromatic heterocycles. The van der Waals surface area contributed by atoms with E-state index in [-0.39, 0.29) is 5.75 Å². The first kappa shape index (κ1) is 11.9. The van der Waals surface area contributed by atoms with Crippen LogP contribution in [0.3, 0.4) is 0 Å². The van der Waals surface area contributed by atoms with Crippen LogP contribution >= 0.6 is 0 Å². The van der Waals surface area contributed by atoms with Gasteiger partial charge in [0.15, 0.2) is 11.6 Å². The highest BCUT2D eigenvalue weighted by Gasteiger charge is 2.13. The van der Waals surface area contributed by atoms with Crippen LogP contribution in [0.15, 0.2) is 12.1 Å². The van der Waals surface area contributed by atoms with E-state index in [9.17, 15) is 13.9 Å². The van der Waals surface area contributed by atoms with Gasteiger partial charge in [-0.2, -0.15) is 4.39 Å². The van der Waals surface area contributed by atoms with E-state index in [1.807, 2.05) is 6.92 Å². The lowest BCUT2D eigenvalue weighted by molar-refractivity contribution is 0.197. The maximum atomic E-state index is 13.2. The van der Waals surface area contributed by atoms with Crippen molar-refractivity contribution in [2.24, 2.45) is 0 Å². The van der Waals surface area contributed by atoms with Gasteiger partial charge in [0.1, 0.15) is 0 Å². The molecule has 1 atom stereocenters. The zero-order valence-electron chi connectivity index (χ0n) is 8.76. The zero-order valence-corrected chi connectivity index (χ0v) is 8.76. The summed E-state index contributed by atoms with van der Waals surface area (Å²) in [6, 6.07) is 2.29. The van der Waals surface area contributed by atoms with E-state index < -0.39 is 17.7 Å². The van der Waals surface area contributed by atoms with Crippen LogP contribution in [0.25, 0.3) is 0 Å². The molecule has 0 aliphatic heterocycles. The molecule has 0 saturated carbocycles. The van der Waals surface area contributed by atoms with Gasteiger partial charge in [0, 0.05) is 0 Å². The Hall–Kier alpha value is -1.16. The summed E-state index contributed by atoms with van der Waals surface area (Å²) < 4.78 is 31.3. The van der Waals surface area contributed by atoms with Gasteiger partial charge in [-0.05, 0) is 31.0 Å². The highest BCUT2D eigenvalue weighted by atomic mass is 19.2. The van der Waals surface area contributed by atoms with Crippen molar-refractivity contribution in [2.75, 3.05) is 6.61 Å². The summed E-state index contributed by atoms with van der Waals surface area (Å²) in [6.45, 7) is 3.67. The summed E-state index contributed by atoms with van der Waals surface area (Å²) in [5, 5.41) is 9.24. The molecule has 1 N–H and O–H groups in total. The summed E-state index contributed by atoms with van der Waals surface area (Å²) >= 11 is 0. The minimum absolute atomic E-state index is 0.146. The summed E-state index contributed by atoms with van der Waals surface area (Å²) in [7, 11) is 0. The highest BCUT2D eigenvalue weighted by Crippen LogP contribution is 2.25. The lowest BCUT2D eigenvalue weighted by Gasteiger charge is -2.10. The third-order valence-corrected chi connectivity index (χ3v) is 1.96. The second-order valence-electron chi connectivity index (χ2n) is 3.34. The molecule has 0 radical (unpaired) electrons. The Bertz CT molecular complexity index is 338. The Labute approximate surface area is 87.5 Å². The maximum absolute atomic E-state index is 13.2. The van der Waals surface area contributed by atoms with Crippen LogP contribution in [0, 0.1) is 11.6 Å². The fraction of sp³-hybridized carbons (Fsp3) is 0.455. The smallest absolute Gasteiger partial charge is 0.200 e. The van der Waals surface area contributed by atoms with Crippen LogP contribution in [0.4, 0.5) is 8.78 Å². The topological polar surface area (TPSA) is 29.5 Å². The van der Waals surface area contributed by atoms with Crippen LogP contribution in [0.5, 0.6) is 5.75 Å². The number of hydrogen-bond acceptors (Lipinski definition) is 2. The van der Waals surface area contributed by atoms with E-state index in [2.05, 4.69) is 0 Å². The number of aliphatic hydroxyl groups excluding tert-OH is 1. The SMILES string of the molecule is CCCOc1cc([C@@H](C)O)cc(F)c1F. The van der Waals surface area contributed by atoms with Crippen LogP contribution in [0.2, 0.25) is 0 Å². The molecule has 1 aromatic rings. The molecule has 0 amide bonds. The molecule has 1 aromatic carbocycles. The van der Waals surface area contributed by atoms with Gasteiger partial charge in [-0.25, -0.2) is 4.39 Å². The molecule has 0 unspecified atom stereocenters. The fourth-order valence-corrected chi connectivity index (χ4v) is 1.14. The molecular formula is C11H14F2O2. The predicted octanol–water partition coefficient (Wildman–Crippen LogP) is 2.81. The second kappa shape index (κ2) is 5.07. The van der Waals surface area contributed by atoms with E-state index in [4.69, 9.17) is 4.74 Å². The summed E-state index contributed by atoms with van der Waals surface area (Å²) in [4.78, 5) is 0. The first-order chi connectivity index (χ1) is 7.06. The average Bonchev–Trinajstić information content (AvgIpc) is 2.19. The fourth-order valence-electron chi connectivity index (χ4n) is 1.14. The van der Waals surface area contributed by atoms with Gasteiger partial charge < -0.3 is 9.84 Å². The van der Waals surface area contributed by atoms with Crippen molar-refractivity contribution < 1.29 is 18.6 Å². The number of halogens is 2. The summed E-state index contributed by atoms with van der Waals surface area (Å²) in [5.41, 5.74) is 0.306. The lowest BCUT2D eigenvalue weighted by atomic mass is 10.1. The van der Waals surface area contributed by atoms with Gasteiger partial charge in [0.05, 0.1) is 12.7 Å². The third-order valence-electron chi connectivity index (χ3n) is 1.96. The molecule has 4 heteroatoms. The van der Waals surface area contributed by atoms with Crippen molar-refractivity contribution in [3.63, 3.8) is 0 Å². The molecule has 0 fully saturated rings. The van der Waals surface area contributed by atoms with E-state index in [0.717, 1.165) is 6.07 Å². The minimum atomic E-state index is -1.01. The molecule has 0 aliphatic carbocycles. The molecular weight excluding hydrogens is 202 g/mol. The second-order valence-corrected chi connectivity index (χ2v) is 3.34. The molecule has 1 rings (SSSR count). The molecule has 0 bridgehead atoms. The molecule has 2 nitrogen and oxygen atoms in total. The Morgan fingerprint density at radius 1 is 1.40 bits per heavy atom. The van der Waals surface area contributed by atoms with E-state index in [1.54, 1.807) is 0 Å². The van der Waals surface area contributed by atoms with Crippen molar-refractivity contribution in [3.8, 4) is 5.75 Å². The van der Waals surface area contributed by atoms with Crippen molar-refractivity contribution in [2.45, 2.75) is 26.4 Å². The zero-order chi connectivity index (χ0) is 11.4. The Balaban J connectivity index is 3.02. The van der Waals surface area contributed by atoms with Crippen molar-refractivity contribution in [3.05, 3.63) is 29.3 Å². The van der Waals surface area contributed by atoms with Crippen LogP contribution in [-0.2, 0) is 0 Å². The van der Waals surface area contributed by atoms with E-state index in [0.29, 0.717) is 18.6 Å². The number of rotatable bonds is 4. The molecule has 0 aliphatic rings. The summed E-state index contributed by atoms with van der Waals surface area (Å²) in [6.07, 6.45) is -0.135. The van der Waals surface area contributed by atoms with Gasteiger partial charge in [0.2, 0.25) is 5.82 Å². The standard InChI is InChI=1S/C11H14F2O2/c1-3-4-15-10-6-8(7(2)14)5-9(12)11(10)13/h5-7,14H,3-4H2,1-2H3/t7-/m1/s1. The third kappa shape index (κ3) is 2.89. The highest BCUT2D eigenvalue weighted by molar-refractivity contribution is 5.32. The lowest BCUT2D eigenvalue weighted by Crippen LogP contribution is -2.02. The number of hydrogen-bond donors (Lipinski definition) is 1. The largest absolute Gasteiger partial charge is 0.490 e. The van der Waals surface area contributed by atoms with Crippen LogP contribution in [-0.4, -0.2) is 11.7 Å². The normalized spacial score (nSPS) is 12.6. The van der Waals surface area contributed by atoms with Gasteiger partial charge in [0.25, 0.3) is 0 Å². The average molecular weight is 216 g/mol. The molecule has 0 heterocycles. The van der Waals surface area contributed by atoms with Crippen molar-refractivity contribution in [1.29, 1.82) is 0 Å². The van der Waals surface area contributed by atoms with Gasteiger partial charge in [-0.15, -0.1) is 0 Å². The predicted molar refractivity (Wildman–Crippen MR) is 52.8 cm³/mol. The Kier molecular flexibility index (Phi) is 4.03. The first-order valence-electron chi connectivity index (χ1n) is 4.86. The maximum Gasteiger partial charge on any atom is 0.200 e. The van der Waals surface area contributed by atoms with Crippen molar-refractivity contribution >= 4 is 0 Å². The van der Waals surface area contributed by atoms with Gasteiger partial charge in [-0.3, -0.25) is 0 Å². The molecule has 0 saturated heterocycles. The molecule has 15 heavy (non-hydrogen) atoms. The van der Waals surface area contributed by atoms with Gasteiger partial charge in [-0.1, -0.05) is 6.92 Å². The first-order valence-corrected chi connectivity index (χ1v) is 4.86. The monoisotopic (exact) mass is 216 g/mol. The Morgan fingerprint density at radius 2 is 2.07 bits per heavy atom. The molecule has 0 spiro atoms. The number of benzene rings is 1. The number of aliphatic hydroxyl groups is 1. The minimum Gasteiger partial charge on any atom is -0.490 e. The van der Waals surface area contributed by atoms with Crippen LogP contribution < -0.4 is 4.74 Å². The van der Waals surface area contributed by atoms with Gasteiger partial charge >= 0.3 is 0 Å². The summed E-state index contributed by atoms with van der Waals surface area (Å²) in [5.74, 6) is -2.15. The van der Waals surface area contributed by atoms with Crippen LogP contribution in [0.1, 0.15) is 31.9 Å².